The Morgan fingerprint density at radius 1 is 0.619 bits per heavy atom. The van der Waals surface area contributed by atoms with Crippen LogP contribution < -0.4 is 0 Å². The molecule has 272 valence electrons. The molecular weight excluding hydrogens is 685 g/mol. The van der Waals surface area contributed by atoms with E-state index >= 15 is 0 Å². The zero-order valence-corrected chi connectivity index (χ0v) is 23.6. The molecule has 0 spiro atoms. The Kier molecular flexibility index (Phi) is 59.1. The lowest BCUT2D eigenvalue weighted by Gasteiger charge is -2.26. The summed E-state index contributed by atoms with van der Waals surface area (Å²) in [6.45, 7) is -0.787. The van der Waals surface area contributed by atoms with Gasteiger partial charge >= 0.3 is 5.71 Å². The molecule has 13 nitrogen and oxygen atoms in total. The Hall–Kier alpha value is -0.890. The first-order chi connectivity index (χ1) is 16.9. The maximum atomic E-state index is 13.2. The summed E-state index contributed by atoms with van der Waals surface area (Å²) >= 11 is 0. The Balaban J connectivity index is -0.0000000254. The Morgan fingerprint density at radius 3 is 0.952 bits per heavy atom. The van der Waals surface area contributed by atoms with Crippen LogP contribution in [0.15, 0.2) is 0 Å². The summed E-state index contributed by atoms with van der Waals surface area (Å²) in [5, 5.41) is 0. The fourth-order valence-electron chi connectivity index (χ4n) is 1.47. The lowest BCUT2D eigenvalue weighted by Crippen LogP contribution is -2.42. The monoisotopic (exact) mass is 734 g/mol. The predicted octanol–water partition coefficient (Wildman–Crippen LogP) is 3.47. The van der Waals surface area contributed by atoms with Crippen LogP contribution in [-0.4, -0.2) is 122 Å². The topological polar surface area (TPSA) is 238 Å². The van der Waals surface area contributed by atoms with E-state index in [1.54, 1.807) is 0 Å². The van der Waals surface area contributed by atoms with Crippen LogP contribution in [0.3, 0.4) is 0 Å². The van der Waals surface area contributed by atoms with Gasteiger partial charge in [-0.3, -0.25) is 22.0 Å². The van der Waals surface area contributed by atoms with Crippen molar-refractivity contribution in [2.24, 2.45) is 5.92 Å². The van der Waals surface area contributed by atoms with Gasteiger partial charge in [0.05, 0.1) is 66.1 Å². The molecule has 0 bridgehead atoms. The minimum atomic E-state index is -5.20. The van der Waals surface area contributed by atoms with Crippen molar-refractivity contribution in [2.75, 3.05) is 64.3 Å². The van der Waals surface area contributed by atoms with E-state index in [9.17, 15) is 82.6 Å². The quantitative estimate of drug-likeness (QED) is 0.219. The number of halogens is 7. The van der Waals surface area contributed by atoms with Crippen LogP contribution in [0.4, 0.5) is 30.7 Å². The maximum Gasteiger partial charge on any atom is 1.00 e. The second-order valence-electron chi connectivity index (χ2n) is 5.54. The molecule has 0 saturated carbocycles. The van der Waals surface area contributed by atoms with Gasteiger partial charge in [-0.1, -0.05) is 29.7 Å². The number of hydrogen-bond acceptors (Lipinski definition) is 13. The van der Waals surface area contributed by atoms with E-state index in [0.717, 1.165) is 0 Å². The van der Waals surface area contributed by atoms with Crippen LogP contribution >= 0.6 is 0 Å². The van der Waals surface area contributed by atoms with E-state index in [4.69, 9.17) is 0 Å². The van der Waals surface area contributed by atoms with Gasteiger partial charge in [-0.05, 0) is 13.8 Å². The van der Waals surface area contributed by atoms with Crippen molar-refractivity contribution in [1.82, 2.24) is 0 Å². The van der Waals surface area contributed by atoms with E-state index in [-0.39, 0.29) is 48.8 Å². The van der Waals surface area contributed by atoms with Gasteiger partial charge in [-0.2, -0.15) is 0 Å². The van der Waals surface area contributed by atoms with Crippen LogP contribution in [0.2, 0.25) is 0 Å². The third kappa shape index (κ3) is 77.3. The second kappa shape index (κ2) is 36.3. The molecule has 0 atom stereocenters. The fraction of sp³-hybridized carbons (Fsp3) is 1.00. The van der Waals surface area contributed by atoms with E-state index in [2.05, 4.69) is 4.74 Å². The molecule has 0 amide bonds. The molecule has 0 saturated heterocycles. The first-order valence-corrected chi connectivity index (χ1v) is 15.3. The molecule has 0 aliphatic heterocycles. The summed E-state index contributed by atoms with van der Waals surface area (Å²) in [7, 11) is -18.8. The lowest BCUT2D eigenvalue weighted by molar-refractivity contribution is -0.140. The van der Waals surface area contributed by atoms with Gasteiger partial charge < -0.3 is 22.9 Å². The van der Waals surface area contributed by atoms with Crippen molar-refractivity contribution in [3.8, 4) is 0 Å². The zero-order chi connectivity index (χ0) is 32.4. The summed E-state index contributed by atoms with van der Waals surface area (Å²) in [5.74, 6) is -11.5. The second-order valence-corrected chi connectivity index (χ2v) is 11.2. The van der Waals surface area contributed by atoms with Gasteiger partial charge in [0.1, 0.15) is 20.2 Å². The minimum absolute atomic E-state index is 0. The van der Waals surface area contributed by atoms with Crippen molar-refractivity contribution in [2.45, 2.75) is 49.4 Å². The molecule has 0 heterocycles. The Morgan fingerprint density at radius 2 is 0.833 bits per heavy atom. The van der Waals surface area contributed by atoms with Crippen LogP contribution in [-0.2, 0) is 45.2 Å². The maximum absolute atomic E-state index is 13.2. The first kappa shape index (κ1) is 68.3. The molecule has 42 heavy (non-hydrogen) atoms. The van der Waals surface area contributed by atoms with Crippen LogP contribution in [0.5, 0.6) is 0 Å². The van der Waals surface area contributed by atoms with Crippen LogP contribution in [0.1, 0.15) is 49.3 Å². The van der Waals surface area contributed by atoms with Crippen molar-refractivity contribution in [3.05, 3.63) is 0 Å². The lowest BCUT2D eigenvalue weighted by atomic mass is 10.2. The summed E-state index contributed by atoms with van der Waals surface area (Å²) in [6, 6.07) is 0. The third-order valence-electron chi connectivity index (χ3n) is 2.20. The standard InChI is InChI=1S/C4H8F2O7S2.C4H9FO6S2.2C2H5F.2CH3F.4CH4/c5-3-13-4(6,1-14(7,8)9)2-15(10,11)12;5-1-4(2-12(6,7)8)3-13(9,10)11;2*1-2-3;2*1-2;;;;/h1-3H2,(H,7,8,9)(H,10,11,12);4H,1-3H2,(H,6,7,8)(H,9,10,11);2*2H2,1H3;2*1H3;4*1H4. The van der Waals surface area contributed by atoms with Crippen molar-refractivity contribution >= 4 is 40.5 Å². The van der Waals surface area contributed by atoms with Crippen molar-refractivity contribution in [1.29, 1.82) is 0 Å². The molecule has 0 fully saturated rings. The highest BCUT2D eigenvalue weighted by molar-refractivity contribution is 7.87. The predicted molar refractivity (Wildman–Crippen MR) is 147 cm³/mol. The number of alkyl halides is 7. The highest BCUT2D eigenvalue weighted by Crippen LogP contribution is 2.18. The fourth-order valence-corrected chi connectivity index (χ4v) is 4.74. The number of rotatable bonds is 11. The van der Waals surface area contributed by atoms with Crippen molar-refractivity contribution in [3.63, 3.8) is 0 Å². The Bertz CT molecular complexity index is 900. The molecule has 0 aliphatic carbocycles. The first-order valence-electron chi connectivity index (χ1n) is 9.01. The molecule has 0 aliphatic rings. The minimum Gasteiger partial charge on any atom is -0.748 e. The van der Waals surface area contributed by atoms with Gasteiger partial charge in [-0.15, -0.1) is 0 Å². The largest absolute Gasteiger partial charge is 1.00 e. The molecule has 0 N–H and O–H groups in total. The summed E-state index contributed by atoms with van der Waals surface area (Å²) in [4.78, 5) is 0. The average Bonchev–Trinajstić information content (AvgIpc) is 2.67. The van der Waals surface area contributed by atoms with Crippen LogP contribution in [0, 0.1) is 5.92 Å². The van der Waals surface area contributed by atoms with Gasteiger partial charge in [0.15, 0.2) is 6.86 Å². The molecule has 0 radical (unpaired) electrons. The van der Waals surface area contributed by atoms with Gasteiger partial charge in [0.25, 0.3) is 0 Å². The van der Waals surface area contributed by atoms with Crippen LogP contribution in [0.25, 0.3) is 0 Å². The number of hydrogen-bond donors (Lipinski definition) is 0. The Labute approximate surface area is 253 Å². The van der Waals surface area contributed by atoms with Gasteiger partial charge in [-0.25, -0.2) is 42.5 Å². The van der Waals surface area contributed by atoms with E-state index in [1.165, 1.54) is 13.8 Å². The molecule has 0 aromatic rings. The molecule has 24 heteroatoms. The number of ether oxygens (including phenoxy) is 1. The normalized spacial score (nSPS) is 10.4. The van der Waals surface area contributed by atoms with E-state index < -0.39 is 88.8 Å². The highest BCUT2D eigenvalue weighted by Gasteiger charge is 2.36. The third-order valence-corrected chi connectivity index (χ3v) is 5.52. The van der Waals surface area contributed by atoms with Crippen molar-refractivity contribution < 1.29 is 93.1 Å². The highest BCUT2D eigenvalue weighted by atomic mass is 32.2. The molecule has 0 unspecified atom stereocenters. The average molecular weight is 735 g/mol. The summed E-state index contributed by atoms with van der Waals surface area (Å²) in [6.07, 6.45) is 0. The summed E-state index contributed by atoms with van der Waals surface area (Å²) in [5.41, 5.74) is 0. The smallest absolute Gasteiger partial charge is 0.748 e. The molecule has 0 aromatic carbocycles. The van der Waals surface area contributed by atoms with Gasteiger partial charge in [0, 0.05) is 17.4 Å². The SMILES string of the molecule is C.C.C.C.CCF.CCF.CF.CF.O=S(=O)([O-])CC(CF)CS(=O)(=O)[O-].O=S(=O)([O-])CC(F)(CS(=O)(=O)[O-])OCF.[H+].[H+].[H+].[H+]. The zero-order valence-electron chi connectivity index (χ0n) is 24.3. The molecule has 0 rings (SSSR count). The van der Waals surface area contributed by atoms with E-state index in [0.29, 0.717) is 14.4 Å². The van der Waals surface area contributed by atoms with Gasteiger partial charge in [0.2, 0.25) is 5.85 Å². The molecule has 0 aromatic heterocycles. The summed E-state index contributed by atoms with van der Waals surface area (Å²) < 4.78 is 201. The molecular formula is C18H49F7O13S4. The van der Waals surface area contributed by atoms with E-state index in [1.807, 2.05) is 0 Å².